The first-order chi connectivity index (χ1) is 13.5. The van der Waals surface area contributed by atoms with E-state index in [-0.39, 0.29) is 12.0 Å². The largest absolute Gasteiger partial charge is 0.459 e. The average molecular weight is 374 g/mol. The molecule has 0 fully saturated rings. The molecule has 0 bridgehead atoms. The number of H-pyrrole nitrogens is 1. The van der Waals surface area contributed by atoms with Crippen LogP contribution in [0.4, 0.5) is 0 Å². The van der Waals surface area contributed by atoms with Gasteiger partial charge in [0.2, 0.25) is 0 Å². The lowest BCUT2D eigenvalue weighted by Gasteiger charge is -2.18. The molecule has 0 spiro atoms. The van der Waals surface area contributed by atoms with Crippen LogP contribution in [-0.4, -0.2) is 34.4 Å². The molecule has 0 saturated carbocycles. The quantitative estimate of drug-likeness (QED) is 0.700. The maximum absolute atomic E-state index is 13.0. The van der Waals surface area contributed by atoms with E-state index in [2.05, 4.69) is 4.98 Å². The minimum absolute atomic E-state index is 0.134. The second-order valence-electron chi connectivity index (χ2n) is 7.14. The van der Waals surface area contributed by atoms with Gasteiger partial charge in [-0.05, 0) is 44.0 Å². The molecule has 1 aliphatic rings. The molecule has 5 heteroatoms. The second-order valence-corrected chi connectivity index (χ2v) is 7.14. The maximum atomic E-state index is 13.0. The van der Waals surface area contributed by atoms with Gasteiger partial charge in [-0.25, -0.2) is 4.79 Å². The number of para-hydroxylation sites is 1. The van der Waals surface area contributed by atoms with Crippen LogP contribution in [0.15, 0.2) is 60.8 Å². The number of amides is 1. The molecule has 4 rings (SSSR count). The minimum atomic E-state index is -0.435. The number of aromatic nitrogens is 1. The predicted molar refractivity (Wildman–Crippen MR) is 109 cm³/mol. The summed E-state index contributed by atoms with van der Waals surface area (Å²) in [5.74, 6) is -0.569. The Hall–Kier alpha value is -3.34. The van der Waals surface area contributed by atoms with Crippen LogP contribution in [0.3, 0.4) is 0 Å². The van der Waals surface area contributed by atoms with Gasteiger partial charge in [0.15, 0.2) is 0 Å². The van der Waals surface area contributed by atoms with Crippen molar-refractivity contribution < 1.29 is 14.3 Å². The number of hydrogen-bond donors (Lipinski definition) is 1. The van der Waals surface area contributed by atoms with Crippen LogP contribution >= 0.6 is 0 Å². The third-order valence-corrected chi connectivity index (χ3v) is 4.81. The molecule has 0 unspecified atom stereocenters. The molecule has 0 atom stereocenters. The normalized spacial score (nSPS) is 13.8. The lowest BCUT2D eigenvalue weighted by Crippen LogP contribution is -2.28. The first kappa shape index (κ1) is 18.0. The molecular formula is C23H22N2O3. The van der Waals surface area contributed by atoms with Gasteiger partial charge >= 0.3 is 5.97 Å². The van der Waals surface area contributed by atoms with Gasteiger partial charge < -0.3 is 14.6 Å². The zero-order valence-electron chi connectivity index (χ0n) is 15.9. The second kappa shape index (κ2) is 7.35. The molecule has 1 amide bonds. The summed E-state index contributed by atoms with van der Waals surface area (Å²) < 4.78 is 5.47. The Kier molecular flexibility index (Phi) is 4.74. The SMILES string of the molecule is CC(C)OC(=O)C1=CN(C(=O)c2ccccc2)CCc2c1[nH]c1ccccc21. The van der Waals surface area contributed by atoms with Crippen LogP contribution in [-0.2, 0) is 16.0 Å². The molecule has 3 aromatic rings. The molecule has 5 nitrogen and oxygen atoms in total. The summed E-state index contributed by atoms with van der Waals surface area (Å²) >= 11 is 0. The van der Waals surface area contributed by atoms with Crippen molar-refractivity contribution in [2.75, 3.05) is 6.54 Å². The van der Waals surface area contributed by atoms with E-state index in [4.69, 9.17) is 4.74 Å². The Bertz CT molecular complexity index is 1060. The first-order valence-corrected chi connectivity index (χ1v) is 9.43. The van der Waals surface area contributed by atoms with Crippen LogP contribution in [0, 0.1) is 0 Å². The molecule has 142 valence electrons. The summed E-state index contributed by atoms with van der Waals surface area (Å²) in [6.45, 7) is 4.11. The smallest absolute Gasteiger partial charge is 0.342 e. The predicted octanol–water partition coefficient (Wildman–Crippen LogP) is 4.16. The van der Waals surface area contributed by atoms with Crippen molar-refractivity contribution in [3.8, 4) is 0 Å². The molecule has 2 aromatic carbocycles. The number of ether oxygens (including phenoxy) is 1. The Morgan fingerprint density at radius 2 is 1.75 bits per heavy atom. The number of carbonyl (C=O) groups is 2. The van der Waals surface area contributed by atoms with Gasteiger partial charge in [-0.3, -0.25) is 4.79 Å². The first-order valence-electron chi connectivity index (χ1n) is 9.43. The number of nitrogens with one attached hydrogen (secondary N) is 1. The van der Waals surface area contributed by atoms with Crippen LogP contribution in [0.1, 0.15) is 35.5 Å². The topological polar surface area (TPSA) is 62.4 Å². The van der Waals surface area contributed by atoms with Crippen molar-refractivity contribution in [1.29, 1.82) is 0 Å². The number of nitrogens with zero attached hydrogens (tertiary/aromatic N) is 1. The van der Waals surface area contributed by atoms with Crippen LogP contribution in [0.25, 0.3) is 16.5 Å². The molecule has 2 heterocycles. The van der Waals surface area contributed by atoms with Gasteiger partial charge in [0, 0.05) is 29.2 Å². The fourth-order valence-corrected chi connectivity index (χ4v) is 3.55. The third kappa shape index (κ3) is 3.31. The van der Waals surface area contributed by atoms with Crippen LogP contribution < -0.4 is 0 Å². The van der Waals surface area contributed by atoms with Crippen molar-refractivity contribution in [3.63, 3.8) is 0 Å². The Labute approximate surface area is 163 Å². The Morgan fingerprint density at radius 3 is 2.50 bits per heavy atom. The number of aromatic amines is 1. The van der Waals surface area contributed by atoms with E-state index in [0.29, 0.717) is 24.1 Å². The van der Waals surface area contributed by atoms with Gasteiger partial charge in [-0.1, -0.05) is 36.4 Å². The molecule has 0 radical (unpaired) electrons. The van der Waals surface area contributed by atoms with Gasteiger partial charge in [0.25, 0.3) is 5.91 Å². The molecule has 1 aliphatic heterocycles. The lowest BCUT2D eigenvalue weighted by molar-refractivity contribution is -0.140. The number of rotatable bonds is 3. The van der Waals surface area contributed by atoms with Crippen molar-refractivity contribution >= 4 is 28.4 Å². The highest BCUT2D eigenvalue weighted by Crippen LogP contribution is 2.31. The van der Waals surface area contributed by atoms with Crippen molar-refractivity contribution in [1.82, 2.24) is 9.88 Å². The Morgan fingerprint density at radius 1 is 1.04 bits per heavy atom. The zero-order chi connectivity index (χ0) is 19.7. The van der Waals surface area contributed by atoms with Crippen LogP contribution in [0.5, 0.6) is 0 Å². The van der Waals surface area contributed by atoms with Crippen molar-refractivity contribution in [2.45, 2.75) is 26.4 Å². The van der Waals surface area contributed by atoms with Crippen molar-refractivity contribution in [2.24, 2.45) is 0 Å². The van der Waals surface area contributed by atoms with Gasteiger partial charge in [-0.15, -0.1) is 0 Å². The van der Waals surface area contributed by atoms with E-state index in [9.17, 15) is 9.59 Å². The molecule has 28 heavy (non-hydrogen) atoms. The van der Waals surface area contributed by atoms with Gasteiger partial charge in [0.05, 0.1) is 17.4 Å². The number of carbonyl (C=O) groups excluding carboxylic acids is 2. The lowest BCUT2D eigenvalue weighted by atomic mass is 10.0. The van der Waals surface area contributed by atoms with E-state index in [1.54, 1.807) is 23.2 Å². The average Bonchev–Trinajstić information content (AvgIpc) is 2.95. The van der Waals surface area contributed by atoms with E-state index in [1.807, 2.05) is 56.3 Å². The molecule has 1 aromatic heterocycles. The van der Waals surface area contributed by atoms with Gasteiger partial charge in [0.1, 0.15) is 0 Å². The summed E-state index contributed by atoms with van der Waals surface area (Å²) in [4.78, 5) is 30.8. The summed E-state index contributed by atoms with van der Waals surface area (Å²) in [6.07, 6.45) is 2.02. The summed E-state index contributed by atoms with van der Waals surface area (Å²) in [6, 6.07) is 17.1. The highest BCUT2D eigenvalue weighted by Gasteiger charge is 2.28. The Balaban J connectivity index is 1.80. The van der Waals surface area contributed by atoms with E-state index < -0.39 is 5.97 Å². The third-order valence-electron chi connectivity index (χ3n) is 4.81. The molecular weight excluding hydrogens is 352 g/mol. The number of fused-ring (bicyclic) bond motifs is 3. The van der Waals surface area contributed by atoms with E-state index in [0.717, 1.165) is 22.2 Å². The fourth-order valence-electron chi connectivity index (χ4n) is 3.55. The standard InChI is InChI=1S/C23H22N2O3/c1-15(2)28-23(27)19-14-25(22(26)16-8-4-3-5-9-16)13-12-18-17-10-6-7-11-20(17)24-21(18)19/h3-11,14-15,24H,12-13H2,1-2H3. The van der Waals surface area contributed by atoms with E-state index >= 15 is 0 Å². The number of benzene rings is 2. The molecule has 0 saturated heterocycles. The number of hydrogen-bond acceptors (Lipinski definition) is 3. The van der Waals surface area contributed by atoms with Crippen molar-refractivity contribution in [3.05, 3.63) is 77.6 Å². The maximum Gasteiger partial charge on any atom is 0.342 e. The van der Waals surface area contributed by atoms with Crippen LogP contribution in [0.2, 0.25) is 0 Å². The fraction of sp³-hybridized carbons (Fsp3) is 0.217. The molecule has 1 N–H and O–H groups in total. The summed E-state index contributed by atoms with van der Waals surface area (Å²) in [5.41, 5.74) is 3.70. The molecule has 0 aliphatic carbocycles. The van der Waals surface area contributed by atoms with Gasteiger partial charge in [-0.2, -0.15) is 0 Å². The highest BCUT2D eigenvalue weighted by molar-refractivity contribution is 6.18. The highest BCUT2D eigenvalue weighted by atomic mass is 16.5. The number of esters is 1. The minimum Gasteiger partial charge on any atom is -0.459 e. The zero-order valence-corrected chi connectivity index (χ0v) is 15.9. The van der Waals surface area contributed by atoms with E-state index in [1.165, 1.54) is 0 Å². The summed E-state index contributed by atoms with van der Waals surface area (Å²) in [5, 5.41) is 1.06. The monoisotopic (exact) mass is 374 g/mol. The summed E-state index contributed by atoms with van der Waals surface area (Å²) in [7, 11) is 0.